The molecule has 1 fully saturated rings. The van der Waals surface area contributed by atoms with Crippen LogP contribution in [0.25, 0.3) is 0 Å². The summed E-state index contributed by atoms with van der Waals surface area (Å²) in [6, 6.07) is 0. The summed E-state index contributed by atoms with van der Waals surface area (Å²) in [7, 11) is 1.36. The number of hydrogen-bond donors (Lipinski definition) is 1. The largest absolute Gasteiger partial charge is 0.469 e. The molecular weight excluding hydrogens is 286 g/mol. The smallest absolute Gasteiger partial charge is 0.410 e. The maximum atomic E-state index is 12.2. The molecule has 0 spiro atoms. The van der Waals surface area contributed by atoms with Crippen molar-refractivity contribution >= 4 is 12.1 Å². The monoisotopic (exact) mass is 315 g/mol. The minimum atomic E-state index is -0.547. The number of hydrogen-bond acceptors (Lipinski definition) is 5. The van der Waals surface area contributed by atoms with Gasteiger partial charge in [0.15, 0.2) is 0 Å². The van der Waals surface area contributed by atoms with Crippen LogP contribution in [0.5, 0.6) is 0 Å². The second-order valence-electron chi connectivity index (χ2n) is 6.94. The van der Waals surface area contributed by atoms with Crippen molar-refractivity contribution in [3.8, 4) is 0 Å². The number of aliphatic hydroxyl groups excluding tert-OH is 1. The number of carbonyl (C=O) groups is 2. The molecule has 3 atom stereocenters. The van der Waals surface area contributed by atoms with Crippen LogP contribution in [0.15, 0.2) is 0 Å². The number of amides is 1. The molecule has 1 saturated heterocycles. The minimum absolute atomic E-state index is 0.00271. The molecule has 1 N–H and O–H groups in total. The highest BCUT2D eigenvalue weighted by Gasteiger charge is 2.41. The molecule has 0 aromatic rings. The van der Waals surface area contributed by atoms with Crippen molar-refractivity contribution in [2.75, 3.05) is 26.8 Å². The highest BCUT2D eigenvalue weighted by molar-refractivity contribution is 5.71. The molecule has 0 radical (unpaired) electrons. The topological polar surface area (TPSA) is 76.1 Å². The average Bonchev–Trinajstić information content (AvgIpc) is 2.82. The van der Waals surface area contributed by atoms with Gasteiger partial charge in [0.1, 0.15) is 5.60 Å². The van der Waals surface area contributed by atoms with E-state index >= 15 is 0 Å². The van der Waals surface area contributed by atoms with E-state index in [1.165, 1.54) is 7.11 Å². The van der Waals surface area contributed by atoms with E-state index in [0.29, 0.717) is 13.1 Å². The van der Waals surface area contributed by atoms with E-state index in [1.54, 1.807) is 4.90 Å². The summed E-state index contributed by atoms with van der Waals surface area (Å²) in [6.07, 6.45) is 0.704. The third-order valence-corrected chi connectivity index (χ3v) is 4.16. The third kappa shape index (κ3) is 5.16. The van der Waals surface area contributed by atoms with Crippen molar-refractivity contribution in [2.24, 2.45) is 17.8 Å². The Balaban J connectivity index is 2.81. The Labute approximate surface area is 132 Å². The summed E-state index contributed by atoms with van der Waals surface area (Å²) in [6.45, 7) is 8.51. The summed E-state index contributed by atoms with van der Waals surface area (Å²) in [5, 5.41) is 9.56. The van der Waals surface area contributed by atoms with E-state index < -0.39 is 5.60 Å². The lowest BCUT2D eigenvalue weighted by Gasteiger charge is -2.25. The number of nitrogens with zero attached hydrogens (tertiary/aromatic N) is 1. The Morgan fingerprint density at radius 1 is 1.32 bits per heavy atom. The zero-order valence-corrected chi connectivity index (χ0v) is 14.3. The van der Waals surface area contributed by atoms with Crippen LogP contribution in [0, 0.1) is 17.8 Å². The predicted molar refractivity (Wildman–Crippen MR) is 82.3 cm³/mol. The van der Waals surface area contributed by atoms with Crippen LogP contribution in [-0.2, 0) is 14.3 Å². The van der Waals surface area contributed by atoms with Crippen molar-refractivity contribution in [2.45, 2.75) is 46.1 Å². The SMILES string of the molecule is CCC(CO)C1CN(C(=O)OC(C)(C)C)CC1CC(=O)OC. The maximum absolute atomic E-state index is 12.2. The van der Waals surface area contributed by atoms with E-state index in [-0.39, 0.29) is 42.8 Å². The molecule has 1 aliphatic heterocycles. The van der Waals surface area contributed by atoms with E-state index in [9.17, 15) is 14.7 Å². The number of aliphatic hydroxyl groups is 1. The van der Waals surface area contributed by atoms with Crippen LogP contribution in [0.2, 0.25) is 0 Å². The number of methoxy groups -OCH3 is 1. The predicted octanol–water partition coefficient (Wildman–Crippen LogP) is 2.05. The normalized spacial score (nSPS) is 23.3. The van der Waals surface area contributed by atoms with Gasteiger partial charge in [0.2, 0.25) is 0 Å². The van der Waals surface area contributed by atoms with Crippen LogP contribution in [-0.4, -0.2) is 54.5 Å². The molecule has 0 aromatic heterocycles. The van der Waals surface area contributed by atoms with Gasteiger partial charge in [-0.1, -0.05) is 13.3 Å². The molecule has 1 amide bonds. The second kappa shape index (κ2) is 7.81. The van der Waals surface area contributed by atoms with Crippen molar-refractivity contribution in [3.05, 3.63) is 0 Å². The number of ether oxygens (including phenoxy) is 2. The standard InChI is InChI=1S/C16H29NO5/c1-6-11(10-18)13-9-17(15(20)22-16(2,3)4)8-12(13)7-14(19)21-5/h11-13,18H,6-10H2,1-5H3. The molecule has 1 aliphatic rings. The number of carbonyl (C=O) groups excluding carboxylic acids is 2. The maximum Gasteiger partial charge on any atom is 0.410 e. The first-order chi connectivity index (χ1) is 10.2. The second-order valence-corrected chi connectivity index (χ2v) is 6.94. The zero-order chi connectivity index (χ0) is 16.9. The Hall–Kier alpha value is -1.30. The fourth-order valence-electron chi connectivity index (χ4n) is 2.99. The minimum Gasteiger partial charge on any atom is -0.469 e. The Bertz CT molecular complexity index is 386. The fraction of sp³-hybridized carbons (Fsp3) is 0.875. The fourth-order valence-corrected chi connectivity index (χ4v) is 2.99. The van der Waals surface area contributed by atoms with Crippen LogP contribution in [0.3, 0.4) is 0 Å². The molecule has 1 rings (SSSR count). The van der Waals surface area contributed by atoms with Gasteiger partial charge in [-0.05, 0) is 38.5 Å². The van der Waals surface area contributed by atoms with E-state index in [2.05, 4.69) is 0 Å². The molecular formula is C16H29NO5. The molecule has 1 heterocycles. The summed E-state index contributed by atoms with van der Waals surface area (Å²) in [4.78, 5) is 25.5. The molecule has 0 saturated carbocycles. The van der Waals surface area contributed by atoms with Gasteiger partial charge in [-0.3, -0.25) is 4.79 Å². The van der Waals surface area contributed by atoms with Gasteiger partial charge in [-0.25, -0.2) is 4.79 Å². The highest BCUT2D eigenvalue weighted by atomic mass is 16.6. The van der Waals surface area contributed by atoms with Crippen molar-refractivity contribution in [1.82, 2.24) is 4.90 Å². The number of likely N-dealkylation sites (tertiary alicyclic amines) is 1. The Morgan fingerprint density at radius 2 is 1.95 bits per heavy atom. The van der Waals surface area contributed by atoms with E-state index in [4.69, 9.17) is 9.47 Å². The van der Waals surface area contributed by atoms with Crippen LogP contribution < -0.4 is 0 Å². The van der Waals surface area contributed by atoms with Gasteiger partial charge in [0.05, 0.1) is 13.5 Å². The molecule has 0 aliphatic carbocycles. The van der Waals surface area contributed by atoms with Gasteiger partial charge in [-0.2, -0.15) is 0 Å². The van der Waals surface area contributed by atoms with Crippen molar-refractivity contribution in [3.63, 3.8) is 0 Å². The van der Waals surface area contributed by atoms with E-state index in [1.807, 2.05) is 27.7 Å². The first kappa shape index (κ1) is 18.7. The average molecular weight is 315 g/mol. The molecule has 128 valence electrons. The molecule has 22 heavy (non-hydrogen) atoms. The molecule has 3 unspecified atom stereocenters. The molecule has 0 aromatic carbocycles. The molecule has 6 heteroatoms. The summed E-state index contributed by atoms with van der Waals surface area (Å²) in [5.74, 6) is -0.130. The summed E-state index contributed by atoms with van der Waals surface area (Å²) >= 11 is 0. The highest BCUT2D eigenvalue weighted by Crippen LogP contribution is 2.34. The van der Waals surface area contributed by atoms with Crippen molar-refractivity contribution < 1.29 is 24.2 Å². The third-order valence-electron chi connectivity index (χ3n) is 4.16. The van der Waals surface area contributed by atoms with Crippen LogP contribution in [0.1, 0.15) is 40.5 Å². The first-order valence-corrected chi connectivity index (χ1v) is 7.87. The van der Waals surface area contributed by atoms with Crippen LogP contribution >= 0.6 is 0 Å². The number of esters is 1. The lowest BCUT2D eigenvalue weighted by Crippen LogP contribution is -2.36. The van der Waals surface area contributed by atoms with Crippen LogP contribution in [0.4, 0.5) is 4.79 Å². The quantitative estimate of drug-likeness (QED) is 0.786. The Kier molecular flexibility index (Phi) is 6.66. The summed E-state index contributed by atoms with van der Waals surface area (Å²) < 4.78 is 10.2. The first-order valence-electron chi connectivity index (χ1n) is 7.87. The zero-order valence-electron chi connectivity index (χ0n) is 14.3. The lowest BCUT2D eigenvalue weighted by molar-refractivity contribution is -0.142. The van der Waals surface area contributed by atoms with Crippen molar-refractivity contribution in [1.29, 1.82) is 0 Å². The van der Waals surface area contributed by atoms with Gasteiger partial charge >= 0.3 is 12.1 Å². The van der Waals surface area contributed by atoms with Gasteiger partial charge in [0.25, 0.3) is 0 Å². The van der Waals surface area contributed by atoms with Gasteiger partial charge in [-0.15, -0.1) is 0 Å². The Morgan fingerprint density at radius 3 is 2.41 bits per heavy atom. The summed E-state index contributed by atoms with van der Waals surface area (Å²) in [5.41, 5.74) is -0.547. The van der Waals surface area contributed by atoms with Gasteiger partial charge in [0, 0.05) is 19.7 Å². The van der Waals surface area contributed by atoms with Gasteiger partial charge < -0.3 is 19.5 Å². The van der Waals surface area contributed by atoms with E-state index in [0.717, 1.165) is 6.42 Å². The molecule has 6 nitrogen and oxygen atoms in total. The number of rotatable bonds is 5. The molecule has 0 bridgehead atoms. The lowest BCUT2D eigenvalue weighted by atomic mass is 9.81.